The summed E-state index contributed by atoms with van der Waals surface area (Å²) in [6.45, 7) is 3.49. The Bertz CT molecular complexity index is 823. The average Bonchev–Trinajstić information content (AvgIpc) is 3.00. The van der Waals surface area contributed by atoms with Crippen molar-refractivity contribution in [1.82, 2.24) is 0 Å². The summed E-state index contributed by atoms with van der Waals surface area (Å²) in [6.07, 6.45) is 7.38. The predicted octanol–water partition coefficient (Wildman–Crippen LogP) is 2.70. The van der Waals surface area contributed by atoms with Crippen LogP contribution in [0.15, 0.2) is 11.6 Å². The minimum Gasteiger partial charge on any atom is -0.450 e. The molecule has 0 heterocycles. The highest BCUT2D eigenvalue weighted by Crippen LogP contribution is 2.68. The third kappa shape index (κ3) is 3.25. The largest absolute Gasteiger partial charge is 0.450 e. The number of fused-ring (bicyclic) bond motifs is 5. The number of Topliss-reactive ketones (excluding diaryl/α,β-unsaturated/α-hetero) is 1. The first-order valence-electron chi connectivity index (χ1n) is 11.4. The molecule has 0 unspecified atom stereocenters. The molecule has 0 aromatic heterocycles. The number of esters is 1. The number of allylic oxidation sites excluding steroid dienone is 1. The number of rotatable bonds is 5. The second kappa shape index (κ2) is 7.99. The highest BCUT2D eigenvalue weighted by atomic mass is 32.2. The van der Waals surface area contributed by atoms with E-state index in [1.54, 1.807) is 12.3 Å². The lowest BCUT2D eigenvalue weighted by molar-refractivity contribution is -0.200. The van der Waals surface area contributed by atoms with Gasteiger partial charge in [0.2, 0.25) is 5.78 Å². The molecule has 0 bridgehead atoms. The first-order chi connectivity index (χ1) is 14.6. The zero-order valence-electron chi connectivity index (χ0n) is 18.7. The van der Waals surface area contributed by atoms with E-state index in [4.69, 9.17) is 4.74 Å². The maximum atomic E-state index is 13.1. The Kier molecular flexibility index (Phi) is 5.93. The zero-order valence-corrected chi connectivity index (χ0v) is 19.5. The van der Waals surface area contributed by atoms with Crippen molar-refractivity contribution in [3.05, 3.63) is 11.6 Å². The molecule has 2 N–H and O–H groups in total. The number of hydrogen-bond donors (Lipinski definition) is 2. The highest BCUT2D eigenvalue weighted by Gasteiger charge is 2.70. The molecular weight excluding hydrogens is 416 g/mol. The normalized spacial score (nSPS) is 44.0. The van der Waals surface area contributed by atoms with Crippen LogP contribution in [0.2, 0.25) is 0 Å². The van der Waals surface area contributed by atoms with E-state index in [1.807, 2.05) is 6.92 Å². The Labute approximate surface area is 188 Å². The lowest BCUT2D eigenvalue weighted by Crippen LogP contribution is -2.63. The molecule has 3 saturated carbocycles. The Morgan fingerprint density at radius 2 is 1.97 bits per heavy atom. The molecule has 0 aliphatic heterocycles. The molecule has 4 aliphatic rings. The van der Waals surface area contributed by atoms with Crippen LogP contribution >= 0.6 is 11.8 Å². The van der Waals surface area contributed by atoms with Gasteiger partial charge < -0.3 is 14.9 Å². The fourth-order valence-electron chi connectivity index (χ4n) is 7.83. The van der Waals surface area contributed by atoms with Crippen molar-refractivity contribution in [1.29, 1.82) is 0 Å². The third-order valence-corrected chi connectivity index (χ3v) is 9.69. The second-order valence-corrected chi connectivity index (χ2v) is 11.3. The minimum absolute atomic E-state index is 0.0283. The van der Waals surface area contributed by atoms with Crippen molar-refractivity contribution >= 4 is 29.3 Å². The van der Waals surface area contributed by atoms with Crippen molar-refractivity contribution < 1.29 is 29.3 Å². The molecule has 7 heteroatoms. The molecular formula is C24H34O6S. The van der Waals surface area contributed by atoms with Crippen LogP contribution in [-0.2, 0) is 19.1 Å². The van der Waals surface area contributed by atoms with Crippen molar-refractivity contribution in [3.63, 3.8) is 0 Å². The van der Waals surface area contributed by atoms with Gasteiger partial charge in [-0.05, 0) is 74.0 Å². The number of ether oxygens (including phenoxy) is 1. The molecule has 4 rings (SSSR count). The van der Waals surface area contributed by atoms with Gasteiger partial charge in [-0.1, -0.05) is 19.4 Å². The molecule has 172 valence electrons. The number of thioether (sulfide) groups is 1. The van der Waals surface area contributed by atoms with Crippen molar-refractivity contribution in [2.24, 2.45) is 28.6 Å². The van der Waals surface area contributed by atoms with Crippen LogP contribution < -0.4 is 0 Å². The summed E-state index contributed by atoms with van der Waals surface area (Å²) in [4.78, 5) is 37.6. The first kappa shape index (κ1) is 23.0. The van der Waals surface area contributed by atoms with Gasteiger partial charge in [0, 0.05) is 11.8 Å². The minimum atomic E-state index is -1.38. The number of carbonyl (C=O) groups excluding carboxylic acids is 3. The molecule has 0 amide bonds. The second-order valence-electron chi connectivity index (χ2n) is 10.4. The number of ketones is 2. The van der Waals surface area contributed by atoms with Gasteiger partial charge in [0.05, 0.1) is 11.9 Å². The topological polar surface area (TPSA) is 101 Å². The van der Waals surface area contributed by atoms with Crippen LogP contribution in [0.25, 0.3) is 0 Å². The van der Waals surface area contributed by atoms with E-state index in [2.05, 4.69) is 6.92 Å². The van der Waals surface area contributed by atoms with Crippen molar-refractivity contribution in [2.45, 2.75) is 70.5 Å². The summed E-state index contributed by atoms with van der Waals surface area (Å²) in [7, 11) is 0. The molecule has 7 atom stereocenters. The van der Waals surface area contributed by atoms with Crippen LogP contribution in [0, 0.1) is 28.6 Å². The Morgan fingerprint density at radius 1 is 1.23 bits per heavy atom. The Morgan fingerprint density at radius 3 is 2.65 bits per heavy atom. The van der Waals surface area contributed by atoms with Crippen LogP contribution in [-0.4, -0.2) is 58.1 Å². The highest BCUT2D eigenvalue weighted by molar-refractivity contribution is 7.99. The van der Waals surface area contributed by atoms with E-state index >= 15 is 0 Å². The maximum Gasteiger partial charge on any atom is 0.316 e. The summed E-state index contributed by atoms with van der Waals surface area (Å²) in [6, 6.07) is 0. The summed E-state index contributed by atoms with van der Waals surface area (Å²) in [5, 5.41) is 21.3. The monoisotopic (exact) mass is 450 g/mol. The van der Waals surface area contributed by atoms with Gasteiger partial charge in [-0.2, -0.15) is 11.8 Å². The summed E-state index contributed by atoms with van der Waals surface area (Å²) < 4.78 is 5.90. The van der Waals surface area contributed by atoms with E-state index in [0.717, 1.165) is 31.3 Å². The number of aliphatic hydroxyl groups is 2. The van der Waals surface area contributed by atoms with E-state index in [9.17, 15) is 24.6 Å². The van der Waals surface area contributed by atoms with Crippen LogP contribution in [0.1, 0.15) is 58.8 Å². The fourth-order valence-corrected chi connectivity index (χ4v) is 8.12. The molecule has 4 aliphatic carbocycles. The van der Waals surface area contributed by atoms with Gasteiger partial charge in [-0.3, -0.25) is 14.4 Å². The van der Waals surface area contributed by atoms with Gasteiger partial charge in [0.25, 0.3) is 0 Å². The lowest BCUT2D eigenvalue weighted by atomic mass is 9.45. The summed E-state index contributed by atoms with van der Waals surface area (Å²) in [5.74, 6) is -0.235. The Balaban J connectivity index is 1.73. The van der Waals surface area contributed by atoms with E-state index in [-0.39, 0.29) is 34.7 Å². The fraction of sp³-hybridized carbons (Fsp3) is 0.792. The van der Waals surface area contributed by atoms with Crippen LogP contribution in [0.5, 0.6) is 0 Å². The van der Waals surface area contributed by atoms with Crippen LogP contribution in [0.3, 0.4) is 0 Å². The number of hydrogen-bond acceptors (Lipinski definition) is 7. The van der Waals surface area contributed by atoms with Gasteiger partial charge in [0.15, 0.2) is 11.4 Å². The molecule has 0 aromatic carbocycles. The third-order valence-electron chi connectivity index (χ3n) is 9.16. The number of aliphatic hydroxyl groups excluding tert-OH is 2. The molecule has 0 aromatic rings. The predicted molar refractivity (Wildman–Crippen MR) is 117 cm³/mol. The summed E-state index contributed by atoms with van der Waals surface area (Å²) in [5.41, 5.74) is -1.15. The lowest BCUT2D eigenvalue weighted by Gasteiger charge is -2.60. The molecule has 0 saturated heterocycles. The SMILES string of the molecule is CSCC(=O)O[C@]1(C(=O)CO)CC[C@H]2[C@@H]3CCC4=CC(=O)CC[C@]4(C)[C@H]3[C@@H](O)C[C@@]21C. The molecule has 6 nitrogen and oxygen atoms in total. The van der Waals surface area contributed by atoms with Crippen LogP contribution in [0.4, 0.5) is 0 Å². The average molecular weight is 451 g/mol. The molecule has 3 fully saturated rings. The number of carbonyl (C=O) groups is 3. The van der Waals surface area contributed by atoms with Crippen molar-refractivity contribution in [3.8, 4) is 0 Å². The Hall–Kier alpha value is -1.18. The van der Waals surface area contributed by atoms with Gasteiger partial charge >= 0.3 is 5.97 Å². The van der Waals surface area contributed by atoms with Gasteiger partial charge in [0.1, 0.15) is 6.61 Å². The maximum absolute atomic E-state index is 13.1. The first-order valence-corrected chi connectivity index (χ1v) is 12.8. The van der Waals surface area contributed by atoms with Gasteiger partial charge in [-0.25, -0.2) is 0 Å². The quantitative estimate of drug-likeness (QED) is 0.621. The molecule has 0 spiro atoms. The van der Waals surface area contributed by atoms with Gasteiger partial charge in [-0.15, -0.1) is 0 Å². The van der Waals surface area contributed by atoms with E-state index < -0.39 is 35.5 Å². The summed E-state index contributed by atoms with van der Waals surface area (Å²) >= 11 is 1.34. The van der Waals surface area contributed by atoms with E-state index in [0.29, 0.717) is 19.3 Å². The van der Waals surface area contributed by atoms with Crippen molar-refractivity contribution in [2.75, 3.05) is 18.6 Å². The van der Waals surface area contributed by atoms with E-state index in [1.165, 1.54) is 11.8 Å². The zero-order chi connectivity index (χ0) is 22.6. The smallest absolute Gasteiger partial charge is 0.316 e. The molecule has 31 heavy (non-hydrogen) atoms. The molecule has 0 radical (unpaired) electrons. The standard InChI is InChI=1S/C24H34O6S/c1-22-8-6-15(26)10-14(22)4-5-16-17-7-9-24(19(28)12-25,30-20(29)13-31-3)23(17,2)11-18(27)21(16)22/h10,16-18,21,25,27H,4-9,11-13H2,1-3H3/t16-,17-,18-,21+,22-,23-,24-/m0/s1.